The summed E-state index contributed by atoms with van der Waals surface area (Å²) >= 11 is 5.88. The number of benzene rings is 2. The molecule has 0 fully saturated rings. The standard InChI is InChI=1S/C22H22ClF3O3/c1-20(2)12-14(13-21(3,4)29-20)18-11-17(9-10-19(18)28-22(24,25)26)27-16-7-5-15(23)6-8-16/h5-12H,13H2,1-4H3. The summed E-state index contributed by atoms with van der Waals surface area (Å²) in [7, 11) is 0. The Labute approximate surface area is 173 Å². The van der Waals surface area contributed by atoms with E-state index in [2.05, 4.69) is 4.74 Å². The van der Waals surface area contributed by atoms with E-state index < -0.39 is 17.6 Å². The molecule has 29 heavy (non-hydrogen) atoms. The highest BCUT2D eigenvalue weighted by Gasteiger charge is 2.37. The van der Waals surface area contributed by atoms with Crippen LogP contribution < -0.4 is 9.47 Å². The van der Waals surface area contributed by atoms with Gasteiger partial charge in [0.05, 0.1) is 11.2 Å². The molecule has 3 rings (SSSR count). The van der Waals surface area contributed by atoms with Gasteiger partial charge < -0.3 is 14.2 Å². The van der Waals surface area contributed by atoms with Crippen molar-refractivity contribution < 1.29 is 27.4 Å². The lowest BCUT2D eigenvalue weighted by Gasteiger charge is -2.40. The van der Waals surface area contributed by atoms with E-state index in [0.29, 0.717) is 34.1 Å². The first-order valence-corrected chi connectivity index (χ1v) is 9.45. The van der Waals surface area contributed by atoms with Crippen molar-refractivity contribution in [1.82, 2.24) is 0 Å². The van der Waals surface area contributed by atoms with Crippen LogP contribution in [0.5, 0.6) is 17.2 Å². The number of alkyl halides is 3. The molecular weight excluding hydrogens is 405 g/mol. The van der Waals surface area contributed by atoms with Crippen LogP contribution in [0.25, 0.3) is 5.57 Å². The van der Waals surface area contributed by atoms with E-state index in [-0.39, 0.29) is 5.75 Å². The monoisotopic (exact) mass is 426 g/mol. The molecule has 0 amide bonds. The van der Waals surface area contributed by atoms with Crippen LogP contribution in [0, 0.1) is 0 Å². The van der Waals surface area contributed by atoms with E-state index in [1.165, 1.54) is 12.1 Å². The molecule has 7 heteroatoms. The highest BCUT2D eigenvalue weighted by Crippen LogP contribution is 2.43. The Morgan fingerprint density at radius 2 is 1.59 bits per heavy atom. The molecule has 3 nitrogen and oxygen atoms in total. The van der Waals surface area contributed by atoms with Crippen LogP contribution >= 0.6 is 11.6 Å². The Balaban J connectivity index is 2.03. The Hall–Kier alpha value is -2.18. The number of hydrogen-bond acceptors (Lipinski definition) is 3. The molecule has 1 heterocycles. The van der Waals surface area contributed by atoms with Crippen molar-refractivity contribution in [3.63, 3.8) is 0 Å². The Kier molecular flexibility index (Phi) is 5.62. The van der Waals surface area contributed by atoms with Crippen LogP contribution in [0.3, 0.4) is 0 Å². The average molecular weight is 427 g/mol. The van der Waals surface area contributed by atoms with Crippen LogP contribution in [-0.2, 0) is 4.74 Å². The quantitative estimate of drug-likeness (QED) is 0.510. The predicted octanol–water partition coefficient (Wildman–Crippen LogP) is 7.39. The second kappa shape index (κ2) is 7.58. The average Bonchev–Trinajstić information content (AvgIpc) is 2.54. The molecule has 0 unspecified atom stereocenters. The lowest BCUT2D eigenvalue weighted by molar-refractivity contribution is -0.274. The summed E-state index contributed by atoms with van der Waals surface area (Å²) < 4.78 is 55.0. The smallest absolute Gasteiger partial charge is 0.457 e. The molecule has 0 spiro atoms. The molecule has 0 atom stereocenters. The summed E-state index contributed by atoms with van der Waals surface area (Å²) in [6.45, 7) is 7.54. The molecular formula is C22H22ClF3O3. The number of hydrogen-bond donors (Lipinski definition) is 0. The highest BCUT2D eigenvalue weighted by molar-refractivity contribution is 6.30. The van der Waals surface area contributed by atoms with Crippen molar-refractivity contribution in [3.05, 3.63) is 59.1 Å². The molecule has 156 valence electrons. The second-order valence-corrected chi connectivity index (χ2v) is 8.51. The Bertz CT molecular complexity index is 916. The Morgan fingerprint density at radius 1 is 0.966 bits per heavy atom. The minimum Gasteiger partial charge on any atom is -0.457 e. The highest BCUT2D eigenvalue weighted by atomic mass is 35.5. The SMILES string of the molecule is CC1(C)C=C(c2cc(Oc3ccc(Cl)cc3)ccc2OC(F)(F)F)CC(C)(C)O1. The van der Waals surface area contributed by atoms with Gasteiger partial charge in [-0.15, -0.1) is 13.2 Å². The van der Waals surface area contributed by atoms with Crippen LogP contribution in [0.15, 0.2) is 48.5 Å². The van der Waals surface area contributed by atoms with E-state index in [9.17, 15) is 13.2 Å². The van der Waals surface area contributed by atoms with E-state index in [0.717, 1.165) is 0 Å². The van der Waals surface area contributed by atoms with Crippen LogP contribution in [0.2, 0.25) is 5.02 Å². The third-order valence-corrected chi connectivity index (χ3v) is 4.50. The fraction of sp³-hybridized carbons (Fsp3) is 0.364. The Morgan fingerprint density at radius 3 is 2.17 bits per heavy atom. The van der Waals surface area contributed by atoms with Crippen LogP contribution in [-0.4, -0.2) is 17.6 Å². The van der Waals surface area contributed by atoms with Gasteiger partial charge in [0.1, 0.15) is 17.2 Å². The zero-order valence-electron chi connectivity index (χ0n) is 16.6. The maximum Gasteiger partial charge on any atom is 0.573 e. The summed E-state index contributed by atoms with van der Waals surface area (Å²) in [6, 6.07) is 11.0. The van der Waals surface area contributed by atoms with Gasteiger partial charge in [0, 0.05) is 17.0 Å². The van der Waals surface area contributed by atoms with E-state index in [1.54, 1.807) is 30.3 Å². The van der Waals surface area contributed by atoms with Gasteiger partial charge in [0.2, 0.25) is 0 Å². The number of rotatable bonds is 4. The lowest BCUT2D eigenvalue weighted by Crippen LogP contribution is -2.39. The molecule has 0 N–H and O–H groups in total. The van der Waals surface area contributed by atoms with Crippen molar-refractivity contribution in [2.75, 3.05) is 0 Å². The largest absolute Gasteiger partial charge is 0.573 e. The summed E-state index contributed by atoms with van der Waals surface area (Å²) in [6.07, 6.45) is -2.55. The van der Waals surface area contributed by atoms with E-state index in [4.69, 9.17) is 21.1 Å². The maximum atomic E-state index is 13.0. The fourth-order valence-corrected chi connectivity index (χ4v) is 3.68. The minimum atomic E-state index is -4.80. The molecule has 1 aliphatic rings. The molecule has 1 aliphatic heterocycles. The van der Waals surface area contributed by atoms with E-state index >= 15 is 0 Å². The zero-order chi connectivity index (χ0) is 21.4. The molecule has 0 saturated carbocycles. The van der Waals surface area contributed by atoms with Gasteiger partial charge in [-0.3, -0.25) is 0 Å². The summed E-state index contributed by atoms with van der Waals surface area (Å²) in [5.74, 6) is 0.631. The number of ether oxygens (including phenoxy) is 3. The molecule has 0 bridgehead atoms. The molecule has 0 radical (unpaired) electrons. The van der Waals surface area contributed by atoms with Gasteiger partial charge in [-0.1, -0.05) is 11.6 Å². The lowest BCUT2D eigenvalue weighted by atomic mass is 9.85. The normalized spacial score (nSPS) is 18.1. The second-order valence-electron chi connectivity index (χ2n) is 8.07. The first-order chi connectivity index (χ1) is 13.3. The van der Waals surface area contributed by atoms with Gasteiger partial charge in [-0.25, -0.2) is 0 Å². The zero-order valence-corrected chi connectivity index (χ0v) is 17.3. The topological polar surface area (TPSA) is 27.7 Å². The minimum absolute atomic E-state index is 0.277. The number of halogens is 4. The molecule has 0 aromatic heterocycles. The summed E-state index contributed by atoms with van der Waals surface area (Å²) in [4.78, 5) is 0. The fourth-order valence-electron chi connectivity index (χ4n) is 3.56. The van der Waals surface area contributed by atoms with Crippen LogP contribution in [0.4, 0.5) is 13.2 Å². The van der Waals surface area contributed by atoms with Crippen molar-refractivity contribution in [2.24, 2.45) is 0 Å². The van der Waals surface area contributed by atoms with Crippen molar-refractivity contribution >= 4 is 17.2 Å². The van der Waals surface area contributed by atoms with E-state index in [1.807, 2.05) is 33.8 Å². The first-order valence-electron chi connectivity index (χ1n) is 9.07. The summed E-state index contributed by atoms with van der Waals surface area (Å²) in [5, 5.41) is 0.559. The molecule has 0 aliphatic carbocycles. The van der Waals surface area contributed by atoms with Gasteiger partial charge in [-0.2, -0.15) is 0 Å². The van der Waals surface area contributed by atoms with Crippen molar-refractivity contribution in [1.29, 1.82) is 0 Å². The van der Waals surface area contributed by atoms with Gasteiger partial charge >= 0.3 is 6.36 Å². The van der Waals surface area contributed by atoms with Gasteiger partial charge in [0.25, 0.3) is 0 Å². The molecule has 2 aromatic rings. The van der Waals surface area contributed by atoms with Gasteiger partial charge in [0.15, 0.2) is 0 Å². The molecule has 2 aromatic carbocycles. The maximum absolute atomic E-state index is 13.0. The van der Waals surface area contributed by atoms with Gasteiger partial charge in [-0.05, 0) is 81.8 Å². The summed E-state index contributed by atoms with van der Waals surface area (Å²) in [5.41, 5.74) is -0.166. The first kappa shape index (κ1) is 21.5. The predicted molar refractivity (Wildman–Crippen MR) is 106 cm³/mol. The third-order valence-electron chi connectivity index (χ3n) is 4.25. The van der Waals surface area contributed by atoms with Crippen LogP contribution in [0.1, 0.15) is 39.7 Å². The molecule has 0 saturated heterocycles. The third kappa shape index (κ3) is 5.90. The van der Waals surface area contributed by atoms with Crippen molar-refractivity contribution in [3.8, 4) is 17.2 Å². The van der Waals surface area contributed by atoms with Crippen molar-refractivity contribution in [2.45, 2.75) is 51.7 Å².